The first-order chi connectivity index (χ1) is 20.0. The van der Waals surface area contributed by atoms with E-state index in [1.165, 1.54) is 57.8 Å². The highest BCUT2D eigenvalue weighted by Gasteiger charge is 2.69. The van der Waals surface area contributed by atoms with Crippen LogP contribution in [-0.2, 0) is 18.9 Å². The van der Waals surface area contributed by atoms with Crippen LogP contribution in [0.25, 0.3) is 0 Å². The Morgan fingerprint density at radius 3 is 1.07 bits per heavy atom. The first-order valence-corrected chi connectivity index (χ1v) is 17.7. The Kier molecular flexibility index (Phi) is 17.4. The van der Waals surface area contributed by atoms with Crippen molar-refractivity contribution in [3.05, 3.63) is 0 Å². The lowest BCUT2D eigenvalue weighted by atomic mass is 9.69. The molecule has 2 saturated heterocycles. The molecule has 6 heteroatoms. The van der Waals surface area contributed by atoms with Gasteiger partial charge in [0.15, 0.2) is 0 Å². The van der Waals surface area contributed by atoms with E-state index in [1.807, 2.05) is 55.4 Å². The molecule has 6 bridgehead atoms. The predicted molar refractivity (Wildman–Crippen MR) is 168 cm³/mol. The van der Waals surface area contributed by atoms with E-state index in [-0.39, 0.29) is 24.4 Å². The number of carbonyl (C=O) groups is 2. The van der Waals surface area contributed by atoms with Crippen molar-refractivity contribution in [2.45, 2.75) is 165 Å². The molecule has 6 aliphatic carbocycles. The Balaban J connectivity index is 0.000000295. The van der Waals surface area contributed by atoms with Gasteiger partial charge in [-0.25, -0.2) is 9.59 Å². The lowest BCUT2D eigenvalue weighted by Gasteiger charge is -2.38. The van der Waals surface area contributed by atoms with Crippen molar-refractivity contribution >= 4 is 12.3 Å². The van der Waals surface area contributed by atoms with Crippen molar-refractivity contribution in [3.8, 4) is 0 Å². The van der Waals surface area contributed by atoms with E-state index in [2.05, 4.69) is 27.7 Å². The van der Waals surface area contributed by atoms with Gasteiger partial charge < -0.3 is 18.9 Å². The van der Waals surface area contributed by atoms with E-state index >= 15 is 0 Å². The Morgan fingerprint density at radius 2 is 0.732 bits per heavy atom. The largest absolute Gasteiger partial charge is 0.509 e. The summed E-state index contributed by atoms with van der Waals surface area (Å²) in [6.07, 6.45) is 11.4. The van der Waals surface area contributed by atoms with E-state index in [9.17, 15) is 9.59 Å². The van der Waals surface area contributed by atoms with Crippen molar-refractivity contribution in [2.24, 2.45) is 47.3 Å². The van der Waals surface area contributed by atoms with Gasteiger partial charge in [0.2, 0.25) is 0 Å². The summed E-state index contributed by atoms with van der Waals surface area (Å²) in [4.78, 5) is 22.0. The minimum absolute atomic E-state index is 0.112. The van der Waals surface area contributed by atoms with E-state index in [4.69, 9.17) is 18.9 Å². The van der Waals surface area contributed by atoms with E-state index < -0.39 is 12.3 Å². The van der Waals surface area contributed by atoms with Crippen LogP contribution in [0, 0.1) is 47.3 Å². The van der Waals surface area contributed by atoms with Gasteiger partial charge >= 0.3 is 12.3 Å². The van der Waals surface area contributed by atoms with Crippen molar-refractivity contribution in [3.63, 3.8) is 0 Å². The highest BCUT2D eigenvalue weighted by Crippen LogP contribution is 2.69. The molecule has 12 atom stereocenters. The number of fused-ring (bicyclic) bond motifs is 17. The van der Waals surface area contributed by atoms with Gasteiger partial charge in [0.25, 0.3) is 0 Å². The van der Waals surface area contributed by atoms with Crippen molar-refractivity contribution in [1.82, 2.24) is 0 Å². The molecule has 0 aromatic carbocycles. The molecule has 8 rings (SSSR count). The lowest BCUT2D eigenvalue weighted by molar-refractivity contribution is 0.00878. The highest BCUT2D eigenvalue weighted by molar-refractivity contribution is 5.63. The molecule has 0 aromatic heterocycles. The van der Waals surface area contributed by atoms with Gasteiger partial charge in [-0.15, -0.1) is 0 Å². The fourth-order valence-electron chi connectivity index (χ4n) is 8.79. The molecule has 6 nitrogen and oxygen atoms in total. The van der Waals surface area contributed by atoms with Gasteiger partial charge in [-0.2, -0.15) is 0 Å². The summed E-state index contributed by atoms with van der Waals surface area (Å²) in [6, 6.07) is 0. The average Bonchev–Trinajstić information content (AvgIpc) is 3.84. The van der Waals surface area contributed by atoms with E-state index in [0.717, 1.165) is 23.7 Å². The van der Waals surface area contributed by atoms with Gasteiger partial charge in [0.05, 0.1) is 0 Å². The minimum Gasteiger partial charge on any atom is -0.427 e. The molecule has 8 aliphatic rings. The van der Waals surface area contributed by atoms with Gasteiger partial charge in [0.1, 0.15) is 24.4 Å². The summed E-state index contributed by atoms with van der Waals surface area (Å²) in [5, 5.41) is 0. The number of hydrogen-bond acceptors (Lipinski definition) is 6. The summed E-state index contributed by atoms with van der Waals surface area (Å²) in [6.45, 7) is 24.5. The number of ether oxygens (including phenoxy) is 4. The van der Waals surface area contributed by atoms with Crippen LogP contribution >= 0.6 is 0 Å². The van der Waals surface area contributed by atoms with E-state index in [1.54, 1.807) is 0 Å². The fourth-order valence-corrected chi connectivity index (χ4v) is 8.79. The number of rotatable bonds is 0. The molecule has 2 aliphatic heterocycles. The Hall–Kier alpha value is -1.46. The van der Waals surface area contributed by atoms with Gasteiger partial charge in [-0.1, -0.05) is 95.9 Å². The maximum Gasteiger partial charge on any atom is 0.509 e. The third kappa shape index (κ3) is 7.93. The smallest absolute Gasteiger partial charge is 0.427 e. The molecule has 0 spiro atoms. The van der Waals surface area contributed by atoms with Crippen LogP contribution in [0.2, 0.25) is 0 Å². The Morgan fingerprint density at radius 1 is 0.463 bits per heavy atom. The molecular weight excluding hydrogens is 516 g/mol. The van der Waals surface area contributed by atoms with Crippen molar-refractivity contribution in [2.75, 3.05) is 0 Å². The second-order valence-electron chi connectivity index (χ2n) is 11.6. The average molecular weight is 583 g/mol. The highest BCUT2D eigenvalue weighted by atomic mass is 16.8. The maximum absolute atomic E-state index is 11.2. The topological polar surface area (TPSA) is 71.1 Å². The van der Waals surface area contributed by atoms with Crippen LogP contribution in [0.3, 0.4) is 0 Å². The zero-order valence-corrected chi connectivity index (χ0v) is 28.7. The third-order valence-corrected chi connectivity index (χ3v) is 9.44. The first-order valence-electron chi connectivity index (χ1n) is 17.7. The van der Waals surface area contributed by atoms with Crippen molar-refractivity contribution in [1.29, 1.82) is 0 Å². The summed E-state index contributed by atoms with van der Waals surface area (Å²) < 4.78 is 20.9. The fraction of sp³-hybridized carbons (Fsp3) is 0.943. The third-order valence-electron chi connectivity index (χ3n) is 9.44. The molecule has 41 heavy (non-hydrogen) atoms. The molecular formula is C35H66O6. The van der Waals surface area contributed by atoms with Crippen LogP contribution in [0.1, 0.15) is 141 Å². The molecule has 242 valence electrons. The zero-order valence-electron chi connectivity index (χ0n) is 28.7. The first kappa shape index (κ1) is 37.6. The monoisotopic (exact) mass is 582 g/mol. The number of carbonyl (C=O) groups excluding carboxylic acids is 2. The summed E-state index contributed by atoms with van der Waals surface area (Å²) in [5.74, 6) is 6.14. The zero-order chi connectivity index (χ0) is 31.3. The maximum atomic E-state index is 11.2. The molecule has 0 amide bonds. The second kappa shape index (κ2) is 18.9. The number of hydrogen-bond donors (Lipinski definition) is 0. The standard InChI is InChI=1S/C13H16O3.C8H10O3.2C3H8.4C2H6/c14-13-15-11-7-4-8(12(11)16-13)10-6-2-1-5(3-6)9(7)10;9-8-10-6-4-1-2-5(3-4)7(6)11-8;2*1-3-2;4*1-2/h5-12H,1-4H2;4-7H,1-3H2;2*3H2,1-2H3;4*1-2H3. The quantitative estimate of drug-likeness (QED) is 0.209. The Labute approximate surface area is 253 Å². The molecule has 0 aromatic rings. The minimum atomic E-state index is -0.448. The second-order valence-corrected chi connectivity index (χ2v) is 11.6. The molecule has 6 saturated carbocycles. The SMILES string of the molecule is CC.CC.CC.CC.CCC.CCC.O=C1OC2C3CC(C2O1)C1C2CCC(C2)C31.O=C1OC2C3CCC(C3)C2O1. The van der Waals surface area contributed by atoms with E-state index in [0.29, 0.717) is 23.7 Å². The van der Waals surface area contributed by atoms with Gasteiger partial charge in [0, 0.05) is 23.7 Å². The molecule has 2 heterocycles. The molecule has 0 N–H and O–H groups in total. The Bertz CT molecular complexity index is 686. The molecule has 0 radical (unpaired) electrons. The van der Waals surface area contributed by atoms with Crippen LogP contribution in [-0.4, -0.2) is 36.7 Å². The van der Waals surface area contributed by atoms with Gasteiger partial charge in [-0.3, -0.25) is 0 Å². The van der Waals surface area contributed by atoms with Gasteiger partial charge in [-0.05, 0) is 68.6 Å². The predicted octanol–water partition coefficient (Wildman–Crippen LogP) is 10.5. The van der Waals surface area contributed by atoms with Crippen LogP contribution in [0.15, 0.2) is 0 Å². The van der Waals surface area contributed by atoms with Crippen molar-refractivity contribution < 1.29 is 28.5 Å². The normalized spacial score (nSPS) is 40.6. The lowest BCUT2D eigenvalue weighted by Crippen LogP contribution is -2.42. The summed E-state index contributed by atoms with van der Waals surface area (Å²) in [5.41, 5.74) is 0. The van der Waals surface area contributed by atoms with Crippen LogP contribution < -0.4 is 0 Å². The molecule has 8 fully saturated rings. The summed E-state index contributed by atoms with van der Waals surface area (Å²) >= 11 is 0. The summed E-state index contributed by atoms with van der Waals surface area (Å²) in [7, 11) is 0. The van der Waals surface area contributed by atoms with Crippen LogP contribution in [0.5, 0.6) is 0 Å². The van der Waals surface area contributed by atoms with Crippen LogP contribution in [0.4, 0.5) is 9.59 Å². The molecule has 12 unspecified atom stereocenters.